The highest BCUT2D eigenvalue weighted by Gasteiger charge is 2.33. The lowest BCUT2D eigenvalue weighted by Crippen LogP contribution is -2.27. The number of anilines is 3. The second-order valence-electron chi connectivity index (χ2n) is 4.37. The van der Waals surface area contributed by atoms with Crippen LogP contribution in [0.3, 0.4) is 0 Å². The smallest absolute Gasteiger partial charge is 0.227 e. The highest BCUT2D eigenvalue weighted by molar-refractivity contribution is 8.13. The average Bonchev–Trinajstić information content (AvgIpc) is 2.68. The first kappa shape index (κ1) is 13.6. The van der Waals surface area contributed by atoms with Gasteiger partial charge in [0.05, 0.1) is 0 Å². The first-order chi connectivity index (χ1) is 8.99. The van der Waals surface area contributed by atoms with Crippen molar-refractivity contribution in [2.75, 3.05) is 28.7 Å². The van der Waals surface area contributed by atoms with E-state index >= 15 is 0 Å². The molecule has 0 saturated carbocycles. The number of thioether (sulfide) groups is 1. The van der Waals surface area contributed by atoms with E-state index in [-0.39, 0.29) is 28.6 Å². The van der Waals surface area contributed by atoms with Crippen LogP contribution >= 0.6 is 11.8 Å². The molecule has 102 valence electrons. The quantitative estimate of drug-likeness (QED) is 0.817. The van der Waals surface area contributed by atoms with Crippen molar-refractivity contribution in [3.8, 4) is 0 Å². The van der Waals surface area contributed by atoms with Gasteiger partial charge in [0.2, 0.25) is 5.91 Å². The summed E-state index contributed by atoms with van der Waals surface area (Å²) in [4.78, 5) is 32.2. The van der Waals surface area contributed by atoms with Gasteiger partial charge in [-0.2, -0.15) is 0 Å². The fourth-order valence-corrected chi connectivity index (χ4v) is 2.72. The molecule has 0 radical (unpaired) electrons. The second kappa shape index (κ2) is 5.43. The zero-order chi connectivity index (χ0) is 14.0. The lowest BCUT2D eigenvalue weighted by molar-refractivity contribution is -0.117. The Labute approximate surface area is 114 Å². The highest BCUT2D eigenvalue weighted by atomic mass is 32.2. The Morgan fingerprint density at radius 2 is 2.11 bits per heavy atom. The molecule has 19 heavy (non-hydrogen) atoms. The lowest BCUT2D eigenvalue weighted by atomic mass is 10.1. The Morgan fingerprint density at radius 1 is 1.47 bits per heavy atom. The SMILES string of the molecule is CC(=O)SCC1CC(=O)N(c2c(N)ncnc2N)C1. The van der Waals surface area contributed by atoms with Crippen molar-refractivity contribution in [2.45, 2.75) is 13.3 Å². The Hall–Kier alpha value is -1.83. The van der Waals surface area contributed by atoms with Crippen molar-refractivity contribution in [2.24, 2.45) is 5.92 Å². The van der Waals surface area contributed by atoms with Crippen molar-refractivity contribution < 1.29 is 9.59 Å². The average molecular weight is 281 g/mol. The normalized spacial score (nSPS) is 18.9. The van der Waals surface area contributed by atoms with Crippen LogP contribution in [0.5, 0.6) is 0 Å². The third-order valence-corrected chi connectivity index (χ3v) is 3.92. The first-order valence-corrected chi connectivity index (χ1v) is 6.77. The van der Waals surface area contributed by atoms with Gasteiger partial charge in [0.1, 0.15) is 12.0 Å². The van der Waals surface area contributed by atoms with E-state index in [1.54, 1.807) is 0 Å². The molecule has 1 aliphatic rings. The minimum atomic E-state index is -0.0673. The van der Waals surface area contributed by atoms with Gasteiger partial charge in [-0.15, -0.1) is 0 Å². The summed E-state index contributed by atoms with van der Waals surface area (Å²) < 4.78 is 0. The summed E-state index contributed by atoms with van der Waals surface area (Å²) in [6.07, 6.45) is 1.64. The number of hydrogen-bond acceptors (Lipinski definition) is 7. The van der Waals surface area contributed by atoms with Crippen LogP contribution in [-0.4, -0.2) is 33.3 Å². The van der Waals surface area contributed by atoms with Crippen LogP contribution in [0.25, 0.3) is 0 Å². The molecular weight excluding hydrogens is 266 g/mol. The van der Waals surface area contributed by atoms with Crippen LogP contribution in [0.1, 0.15) is 13.3 Å². The van der Waals surface area contributed by atoms with E-state index in [9.17, 15) is 9.59 Å². The van der Waals surface area contributed by atoms with Crippen molar-refractivity contribution in [1.29, 1.82) is 0 Å². The molecule has 0 aromatic carbocycles. The second-order valence-corrected chi connectivity index (χ2v) is 5.57. The molecule has 1 aromatic heterocycles. The van der Waals surface area contributed by atoms with Gasteiger partial charge in [-0.1, -0.05) is 11.8 Å². The van der Waals surface area contributed by atoms with Crippen molar-refractivity contribution in [3.05, 3.63) is 6.33 Å². The summed E-state index contributed by atoms with van der Waals surface area (Å²) in [5.41, 5.74) is 11.9. The summed E-state index contributed by atoms with van der Waals surface area (Å²) in [6, 6.07) is 0. The minimum absolute atomic E-state index is 0.0490. The third kappa shape index (κ3) is 2.95. The summed E-state index contributed by atoms with van der Waals surface area (Å²) in [7, 11) is 0. The van der Waals surface area contributed by atoms with Crippen molar-refractivity contribution >= 4 is 40.1 Å². The van der Waals surface area contributed by atoms with E-state index in [0.29, 0.717) is 24.4 Å². The Morgan fingerprint density at radius 3 is 2.68 bits per heavy atom. The summed E-state index contributed by atoms with van der Waals surface area (Å²) in [6.45, 7) is 2.00. The topological polar surface area (TPSA) is 115 Å². The molecule has 1 saturated heterocycles. The van der Waals surface area contributed by atoms with E-state index in [2.05, 4.69) is 9.97 Å². The van der Waals surface area contributed by atoms with E-state index in [0.717, 1.165) is 0 Å². The zero-order valence-electron chi connectivity index (χ0n) is 10.5. The molecule has 1 aliphatic heterocycles. The molecule has 4 N–H and O–H groups in total. The van der Waals surface area contributed by atoms with E-state index < -0.39 is 0 Å². The molecule has 0 bridgehead atoms. The molecule has 2 rings (SSSR count). The van der Waals surface area contributed by atoms with Gasteiger partial charge in [0.25, 0.3) is 0 Å². The number of nitrogens with two attached hydrogens (primary N) is 2. The van der Waals surface area contributed by atoms with E-state index in [1.807, 2.05) is 0 Å². The maximum atomic E-state index is 12.0. The Balaban J connectivity index is 2.14. The lowest BCUT2D eigenvalue weighted by Gasteiger charge is -2.19. The number of rotatable bonds is 3. The molecule has 8 heteroatoms. The molecule has 1 amide bonds. The number of aromatic nitrogens is 2. The maximum absolute atomic E-state index is 12.0. The zero-order valence-corrected chi connectivity index (χ0v) is 11.3. The van der Waals surface area contributed by atoms with Crippen molar-refractivity contribution in [3.63, 3.8) is 0 Å². The van der Waals surface area contributed by atoms with Crippen LogP contribution in [0, 0.1) is 5.92 Å². The van der Waals surface area contributed by atoms with E-state index in [4.69, 9.17) is 11.5 Å². The van der Waals surface area contributed by atoms with Gasteiger partial charge in [-0.05, 0) is 5.92 Å². The van der Waals surface area contributed by atoms with Gasteiger partial charge in [-0.25, -0.2) is 9.97 Å². The molecule has 1 aromatic rings. The summed E-state index contributed by atoms with van der Waals surface area (Å²) >= 11 is 1.22. The van der Waals surface area contributed by atoms with Gasteiger partial charge >= 0.3 is 0 Å². The molecule has 0 spiro atoms. The highest BCUT2D eigenvalue weighted by Crippen LogP contribution is 2.33. The van der Waals surface area contributed by atoms with Gasteiger partial charge < -0.3 is 16.4 Å². The summed E-state index contributed by atoms with van der Waals surface area (Å²) in [5, 5.41) is 0.0490. The number of carbonyl (C=O) groups excluding carboxylic acids is 2. The number of nitrogens with zero attached hydrogens (tertiary/aromatic N) is 3. The van der Waals surface area contributed by atoms with Crippen LogP contribution in [0.15, 0.2) is 6.33 Å². The van der Waals surface area contributed by atoms with Gasteiger partial charge in [0.15, 0.2) is 16.8 Å². The standard InChI is InChI=1S/C11H15N5O2S/c1-6(17)19-4-7-2-8(18)16(3-7)9-10(12)14-5-15-11(9)13/h5,7H,2-4H2,1H3,(H4,12,13,14,15). The predicted molar refractivity (Wildman–Crippen MR) is 74.5 cm³/mol. The molecule has 1 atom stereocenters. The molecule has 0 aliphatic carbocycles. The fourth-order valence-electron chi connectivity index (χ4n) is 2.03. The first-order valence-electron chi connectivity index (χ1n) is 5.78. The molecule has 1 fully saturated rings. The maximum Gasteiger partial charge on any atom is 0.227 e. The number of carbonyl (C=O) groups is 2. The summed E-state index contributed by atoms with van der Waals surface area (Å²) in [5.74, 6) is 1.05. The molecule has 7 nitrogen and oxygen atoms in total. The number of hydrogen-bond donors (Lipinski definition) is 2. The fraction of sp³-hybridized carbons (Fsp3) is 0.455. The van der Waals surface area contributed by atoms with Crippen molar-refractivity contribution in [1.82, 2.24) is 9.97 Å². The van der Waals surface area contributed by atoms with E-state index in [1.165, 1.54) is 29.9 Å². The largest absolute Gasteiger partial charge is 0.382 e. The van der Waals surface area contributed by atoms with Crippen LogP contribution in [0.4, 0.5) is 17.3 Å². The van der Waals surface area contributed by atoms with Crippen LogP contribution in [0.2, 0.25) is 0 Å². The number of amides is 1. The third-order valence-electron chi connectivity index (χ3n) is 2.88. The Bertz CT molecular complexity index is 502. The van der Waals surface area contributed by atoms with Crippen LogP contribution in [-0.2, 0) is 9.59 Å². The molecule has 1 unspecified atom stereocenters. The predicted octanol–water partition coefficient (Wildman–Crippen LogP) is 0.274. The monoisotopic (exact) mass is 281 g/mol. The minimum Gasteiger partial charge on any atom is -0.382 e. The van der Waals surface area contributed by atoms with Gasteiger partial charge in [-0.3, -0.25) is 9.59 Å². The van der Waals surface area contributed by atoms with Crippen LogP contribution < -0.4 is 16.4 Å². The number of nitrogen functional groups attached to an aromatic ring is 2. The Kier molecular flexibility index (Phi) is 3.89. The molecular formula is C11H15N5O2S. The molecule has 2 heterocycles. The van der Waals surface area contributed by atoms with Gasteiger partial charge in [0, 0.05) is 25.6 Å².